The standard InChI is InChI=1S/C29H34FN2O3S/c1-21-12-17-36-28(21)19-31(26-9-8-24(30)18-22(26)2)29(33)35-27-20-32(13-10-23(27)11-14-32)15-16-34-25-6-4-3-5-7-25/h3-9,12,17-18,23,27H,10-11,13-16,19-20H2,1-2H3/q+1/t23?,27-,32?/m0/s1. The summed E-state index contributed by atoms with van der Waals surface area (Å²) in [5.41, 5.74) is 2.55. The Kier molecular flexibility index (Phi) is 7.30. The first kappa shape index (κ1) is 24.8. The van der Waals surface area contributed by atoms with Gasteiger partial charge in [-0.15, -0.1) is 11.3 Å². The molecule has 3 fully saturated rings. The molecule has 0 unspecified atom stereocenters. The van der Waals surface area contributed by atoms with Crippen LogP contribution in [0.2, 0.25) is 0 Å². The summed E-state index contributed by atoms with van der Waals surface area (Å²) in [5.74, 6) is 0.974. The summed E-state index contributed by atoms with van der Waals surface area (Å²) in [6.07, 6.45) is 1.64. The van der Waals surface area contributed by atoms with E-state index in [4.69, 9.17) is 9.47 Å². The fourth-order valence-corrected chi connectivity index (χ4v) is 6.51. The first-order valence-corrected chi connectivity index (χ1v) is 13.6. The molecular weight excluding hydrogens is 475 g/mol. The summed E-state index contributed by atoms with van der Waals surface area (Å²) >= 11 is 1.62. The van der Waals surface area contributed by atoms with E-state index >= 15 is 0 Å². The number of piperidine rings is 3. The van der Waals surface area contributed by atoms with Gasteiger partial charge in [0, 0.05) is 23.6 Å². The van der Waals surface area contributed by atoms with Crippen molar-refractivity contribution in [2.45, 2.75) is 39.3 Å². The molecule has 0 saturated carbocycles. The average Bonchev–Trinajstić information content (AvgIpc) is 3.28. The van der Waals surface area contributed by atoms with Gasteiger partial charge in [-0.25, -0.2) is 9.18 Å². The fourth-order valence-electron chi connectivity index (χ4n) is 5.62. The first-order chi connectivity index (χ1) is 17.4. The molecule has 0 aliphatic carbocycles. The number of thiophene rings is 1. The Morgan fingerprint density at radius 2 is 1.86 bits per heavy atom. The Hall–Kier alpha value is -2.90. The van der Waals surface area contributed by atoms with Crippen LogP contribution in [0, 0.1) is 25.6 Å². The quantitative estimate of drug-likeness (QED) is 0.333. The smallest absolute Gasteiger partial charge is 0.415 e. The minimum absolute atomic E-state index is 0.121. The molecule has 36 heavy (non-hydrogen) atoms. The number of carbonyl (C=O) groups excluding carboxylic acids is 1. The molecule has 0 N–H and O–H groups in total. The minimum Gasteiger partial charge on any atom is -0.488 e. The predicted molar refractivity (Wildman–Crippen MR) is 141 cm³/mol. The number of aryl methyl sites for hydroxylation is 2. The highest BCUT2D eigenvalue weighted by Crippen LogP contribution is 2.36. The Morgan fingerprint density at radius 3 is 2.56 bits per heavy atom. The van der Waals surface area contributed by atoms with Crippen LogP contribution in [0.1, 0.15) is 28.8 Å². The number of halogens is 1. The molecule has 3 saturated heterocycles. The summed E-state index contributed by atoms with van der Waals surface area (Å²) in [7, 11) is 0. The molecule has 1 aromatic heterocycles. The molecule has 6 rings (SSSR count). The third-order valence-corrected chi connectivity index (χ3v) is 8.82. The van der Waals surface area contributed by atoms with E-state index in [9.17, 15) is 9.18 Å². The van der Waals surface area contributed by atoms with Gasteiger partial charge in [-0.05, 0) is 66.8 Å². The normalized spacial score (nSPS) is 22.9. The second-order valence-corrected chi connectivity index (χ2v) is 11.2. The molecule has 0 spiro atoms. The SMILES string of the molecule is Cc1cc(F)ccc1N(Cc1sccc1C)C(=O)O[C@H]1C[N+]2(CCOc3ccccc3)CCC1CC2. The average molecular weight is 510 g/mol. The van der Waals surface area contributed by atoms with E-state index in [0.29, 0.717) is 24.8 Å². The Labute approximate surface area is 216 Å². The molecule has 7 heteroatoms. The van der Waals surface area contributed by atoms with Crippen LogP contribution >= 0.6 is 11.3 Å². The van der Waals surface area contributed by atoms with Gasteiger partial charge < -0.3 is 14.0 Å². The number of carbonyl (C=O) groups is 1. The maximum absolute atomic E-state index is 13.8. The van der Waals surface area contributed by atoms with E-state index in [1.165, 1.54) is 12.1 Å². The Balaban J connectivity index is 1.29. The van der Waals surface area contributed by atoms with Gasteiger partial charge in [-0.2, -0.15) is 0 Å². The van der Waals surface area contributed by atoms with Gasteiger partial charge in [0.2, 0.25) is 0 Å². The number of amides is 1. The molecule has 1 atom stereocenters. The van der Waals surface area contributed by atoms with Gasteiger partial charge in [0.15, 0.2) is 6.10 Å². The summed E-state index contributed by atoms with van der Waals surface area (Å²) < 4.78 is 27.0. The molecule has 1 amide bonds. The molecule has 4 heterocycles. The van der Waals surface area contributed by atoms with E-state index < -0.39 is 0 Å². The van der Waals surface area contributed by atoms with E-state index in [0.717, 1.165) is 65.3 Å². The molecule has 190 valence electrons. The van der Waals surface area contributed by atoms with Crippen LogP contribution in [0.3, 0.4) is 0 Å². The van der Waals surface area contributed by atoms with Crippen LogP contribution < -0.4 is 9.64 Å². The highest BCUT2D eigenvalue weighted by Gasteiger charge is 2.48. The second-order valence-electron chi connectivity index (χ2n) is 10.2. The Morgan fingerprint density at radius 1 is 1.08 bits per heavy atom. The molecule has 3 aromatic rings. The number of anilines is 1. The van der Waals surface area contributed by atoms with Gasteiger partial charge in [0.05, 0.1) is 25.3 Å². The number of fused-ring (bicyclic) bond motifs is 3. The van der Waals surface area contributed by atoms with E-state index in [2.05, 4.69) is 6.07 Å². The zero-order chi connectivity index (χ0) is 25.1. The van der Waals surface area contributed by atoms with Crippen molar-refractivity contribution in [3.05, 3.63) is 81.8 Å². The number of hydrogen-bond donors (Lipinski definition) is 0. The van der Waals surface area contributed by atoms with E-state index in [1.807, 2.05) is 49.6 Å². The van der Waals surface area contributed by atoms with Crippen molar-refractivity contribution in [2.24, 2.45) is 5.92 Å². The van der Waals surface area contributed by atoms with Crippen LogP contribution in [0.4, 0.5) is 14.9 Å². The molecule has 5 nitrogen and oxygen atoms in total. The molecule has 3 aliphatic rings. The first-order valence-electron chi connectivity index (χ1n) is 12.7. The van der Waals surface area contributed by atoms with Crippen LogP contribution in [0.5, 0.6) is 5.75 Å². The maximum Gasteiger partial charge on any atom is 0.415 e. The maximum atomic E-state index is 13.8. The second kappa shape index (κ2) is 10.6. The van der Waals surface area contributed by atoms with E-state index in [1.54, 1.807) is 22.3 Å². The zero-order valence-electron chi connectivity index (χ0n) is 21.0. The highest BCUT2D eigenvalue weighted by molar-refractivity contribution is 7.10. The van der Waals surface area contributed by atoms with Gasteiger partial charge in [0.1, 0.15) is 31.3 Å². The molecule has 2 bridgehead atoms. The van der Waals surface area contributed by atoms with Crippen molar-refractivity contribution in [1.29, 1.82) is 0 Å². The summed E-state index contributed by atoms with van der Waals surface area (Å²) in [5, 5.41) is 2.03. The van der Waals surface area contributed by atoms with Crippen molar-refractivity contribution >= 4 is 23.1 Å². The topological polar surface area (TPSA) is 38.8 Å². The van der Waals surface area contributed by atoms with Crippen molar-refractivity contribution < 1.29 is 23.1 Å². The predicted octanol–water partition coefficient (Wildman–Crippen LogP) is 6.34. The number of ether oxygens (including phenoxy) is 2. The van der Waals surface area contributed by atoms with Gasteiger partial charge in [0.25, 0.3) is 0 Å². The van der Waals surface area contributed by atoms with Crippen molar-refractivity contribution in [1.82, 2.24) is 0 Å². The summed E-state index contributed by atoms with van der Waals surface area (Å²) in [4.78, 5) is 16.4. The van der Waals surface area contributed by atoms with Crippen LogP contribution in [0.25, 0.3) is 0 Å². The number of nitrogens with zero attached hydrogens (tertiary/aromatic N) is 2. The number of para-hydroxylation sites is 1. The number of benzene rings is 2. The molecule has 2 aromatic carbocycles. The lowest BCUT2D eigenvalue weighted by Crippen LogP contribution is -2.65. The van der Waals surface area contributed by atoms with Crippen molar-refractivity contribution in [3.63, 3.8) is 0 Å². The van der Waals surface area contributed by atoms with Crippen LogP contribution in [-0.4, -0.2) is 49.5 Å². The molecular formula is C29H34FN2O3S+. The number of hydrogen-bond acceptors (Lipinski definition) is 4. The van der Waals surface area contributed by atoms with Crippen LogP contribution in [0.15, 0.2) is 60.0 Å². The third-order valence-electron chi connectivity index (χ3n) is 7.81. The highest BCUT2D eigenvalue weighted by atomic mass is 32.1. The Bertz CT molecular complexity index is 1190. The lowest BCUT2D eigenvalue weighted by molar-refractivity contribution is -0.946. The molecule has 0 radical (unpaired) electrons. The fraction of sp³-hybridized carbons (Fsp3) is 0.414. The number of rotatable bonds is 8. The lowest BCUT2D eigenvalue weighted by atomic mass is 9.83. The summed E-state index contributed by atoms with van der Waals surface area (Å²) in [6.45, 7) is 8.88. The van der Waals surface area contributed by atoms with Crippen LogP contribution in [-0.2, 0) is 11.3 Å². The van der Waals surface area contributed by atoms with Crippen molar-refractivity contribution in [3.8, 4) is 5.75 Å². The minimum atomic E-state index is -0.352. The largest absolute Gasteiger partial charge is 0.488 e. The number of quaternary nitrogens is 1. The van der Waals surface area contributed by atoms with Gasteiger partial charge in [-0.1, -0.05) is 18.2 Å². The third kappa shape index (κ3) is 5.42. The van der Waals surface area contributed by atoms with Crippen molar-refractivity contribution in [2.75, 3.05) is 37.7 Å². The molecule has 3 aliphatic heterocycles. The monoisotopic (exact) mass is 509 g/mol. The van der Waals surface area contributed by atoms with E-state index in [-0.39, 0.29) is 18.0 Å². The zero-order valence-corrected chi connectivity index (χ0v) is 21.8. The van der Waals surface area contributed by atoms with Gasteiger partial charge >= 0.3 is 6.09 Å². The lowest BCUT2D eigenvalue weighted by Gasteiger charge is -2.52. The summed E-state index contributed by atoms with van der Waals surface area (Å²) in [6, 6.07) is 16.5. The van der Waals surface area contributed by atoms with Gasteiger partial charge in [-0.3, -0.25) is 4.90 Å².